The fraction of sp³-hybridized carbons (Fsp3) is 0.929. The van der Waals surface area contributed by atoms with Crippen LogP contribution in [-0.2, 0) is 14.3 Å². The van der Waals surface area contributed by atoms with Crippen LogP contribution in [0.25, 0.3) is 0 Å². The van der Waals surface area contributed by atoms with Gasteiger partial charge in [-0.3, -0.25) is 9.69 Å². The minimum absolute atomic E-state index is 0.175. The maximum atomic E-state index is 11.9. The number of esters is 1. The van der Waals surface area contributed by atoms with Gasteiger partial charge in [-0.05, 0) is 32.7 Å². The van der Waals surface area contributed by atoms with Crippen molar-refractivity contribution in [2.75, 3.05) is 33.3 Å². The molecule has 3 atom stereocenters. The largest absolute Gasteiger partial charge is 0.468 e. The van der Waals surface area contributed by atoms with E-state index in [0.29, 0.717) is 12.2 Å². The first kappa shape index (κ1) is 14.8. The van der Waals surface area contributed by atoms with Crippen molar-refractivity contribution in [3.8, 4) is 0 Å². The second-order valence-corrected chi connectivity index (χ2v) is 5.82. The molecule has 0 aliphatic carbocycles. The van der Waals surface area contributed by atoms with Crippen LogP contribution in [0.1, 0.15) is 33.1 Å². The number of nitrogens with zero attached hydrogens (tertiary/aromatic N) is 1. The van der Waals surface area contributed by atoms with Crippen molar-refractivity contribution in [2.45, 2.75) is 50.9 Å². The van der Waals surface area contributed by atoms with Gasteiger partial charge in [0.05, 0.1) is 19.3 Å². The summed E-state index contributed by atoms with van der Waals surface area (Å²) < 4.78 is 10.7. The number of likely N-dealkylation sites (N-methyl/N-ethyl adjacent to an activating group) is 1. The Balaban J connectivity index is 1.86. The Labute approximate surface area is 115 Å². The van der Waals surface area contributed by atoms with E-state index in [2.05, 4.69) is 10.2 Å². The van der Waals surface area contributed by atoms with Crippen molar-refractivity contribution in [3.63, 3.8) is 0 Å². The molecule has 1 N–H and O–H groups in total. The quantitative estimate of drug-likeness (QED) is 0.723. The molecule has 0 saturated carbocycles. The molecule has 0 radical (unpaired) electrons. The zero-order valence-corrected chi connectivity index (χ0v) is 12.3. The molecule has 2 fully saturated rings. The standard InChI is InChI=1S/C14H26N2O3/c1-4-15-14(2,13(17)18-3)7-8-16-9-11-5-6-12(10-16)19-11/h11-12,15H,4-10H2,1-3H3. The molecule has 2 rings (SSSR count). The molecule has 2 bridgehead atoms. The number of carbonyl (C=O) groups excluding carboxylic acids is 1. The van der Waals surface area contributed by atoms with E-state index in [-0.39, 0.29) is 5.97 Å². The van der Waals surface area contributed by atoms with Crippen molar-refractivity contribution in [3.05, 3.63) is 0 Å². The topological polar surface area (TPSA) is 50.8 Å². The highest BCUT2D eigenvalue weighted by molar-refractivity contribution is 5.80. The van der Waals surface area contributed by atoms with Gasteiger partial charge in [0.25, 0.3) is 0 Å². The minimum Gasteiger partial charge on any atom is -0.468 e. The molecule has 0 spiro atoms. The van der Waals surface area contributed by atoms with Crippen molar-refractivity contribution in [1.82, 2.24) is 10.2 Å². The molecule has 2 aliphatic heterocycles. The number of rotatable bonds is 6. The van der Waals surface area contributed by atoms with Gasteiger partial charge in [-0.2, -0.15) is 0 Å². The summed E-state index contributed by atoms with van der Waals surface area (Å²) in [5.41, 5.74) is -0.582. The molecule has 2 aliphatic rings. The van der Waals surface area contributed by atoms with Crippen molar-refractivity contribution >= 4 is 5.97 Å². The third kappa shape index (κ3) is 3.46. The Hall–Kier alpha value is -0.650. The van der Waals surface area contributed by atoms with Crippen LogP contribution < -0.4 is 5.32 Å². The molecule has 5 heteroatoms. The SMILES string of the molecule is CCNC(C)(CCN1CC2CCC(C1)O2)C(=O)OC. The summed E-state index contributed by atoms with van der Waals surface area (Å²) in [6.45, 7) is 7.61. The smallest absolute Gasteiger partial charge is 0.325 e. The molecule has 0 amide bonds. The number of hydrogen-bond donors (Lipinski definition) is 1. The van der Waals surface area contributed by atoms with Gasteiger partial charge in [0, 0.05) is 19.6 Å². The van der Waals surface area contributed by atoms with Crippen molar-refractivity contribution in [1.29, 1.82) is 0 Å². The second kappa shape index (κ2) is 6.20. The van der Waals surface area contributed by atoms with Crippen LogP contribution in [0.5, 0.6) is 0 Å². The lowest BCUT2D eigenvalue weighted by Gasteiger charge is -2.35. The van der Waals surface area contributed by atoms with Gasteiger partial charge in [0.1, 0.15) is 5.54 Å². The summed E-state index contributed by atoms with van der Waals surface area (Å²) in [5.74, 6) is -0.175. The van der Waals surface area contributed by atoms with Gasteiger partial charge in [-0.25, -0.2) is 0 Å². The number of fused-ring (bicyclic) bond motifs is 2. The molecule has 0 aromatic heterocycles. The summed E-state index contributed by atoms with van der Waals surface area (Å²) in [6, 6.07) is 0. The molecule has 0 aromatic carbocycles. The number of nitrogens with one attached hydrogen (secondary N) is 1. The molecule has 5 nitrogen and oxygen atoms in total. The predicted octanol–water partition coefficient (Wildman–Crippen LogP) is 0.781. The Bertz CT molecular complexity index is 312. The van der Waals surface area contributed by atoms with Crippen LogP contribution in [-0.4, -0.2) is 61.9 Å². The molecular formula is C14H26N2O3. The molecule has 110 valence electrons. The van der Waals surface area contributed by atoms with Gasteiger partial charge < -0.3 is 14.8 Å². The van der Waals surface area contributed by atoms with Gasteiger partial charge >= 0.3 is 5.97 Å². The summed E-state index contributed by atoms with van der Waals surface area (Å²) in [6.07, 6.45) is 3.95. The number of methoxy groups -OCH3 is 1. The van der Waals surface area contributed by atoms with Crippen molar-refractivity contribution in [2.24, 2.45) is 0 Å². The highest BCUT2D eigenvalue weighted by atomic mass is 16.5. The van der Waals surface area contributed by atoms with Gasteiger partial charge in [-0.15, -0.1) is 0 Å². The lowest BCUT2D eigenvalue weighted by Crippen LogP contribution is -2.53. The first-order chi connectivity index (χ1) is 9.07. The first-order valence-electron chi connectivity index (χ1n) is 7.28. The van der Waals surface area contributed by atoms with Gasteiger partial charge in [-0.1, -0.05) is 6.92 Å². The third-order valence-corrected chi connectivity index (χ3v) is 4.25. The Morgan fingerprint density at radius 3 is 2.58 bits per heavy atom. The van der Waals surface area contributed by atoms with Crippen LogP contribution in [0.2, 0.25) is 0 Å². The highest BCUT2D eigenvalue weighted by Gasteiger charge is 2.37. The molecular weight excluding hydrogens is 244 g/mol. The average Bonchev–Trinajstić information content (AvgIpc) is 2.75. The maximum absolute atomic E-state index is 11.9. The molecule has 0 aromatic rings. The van der Waals surface area contributed by atoms with E-state index in [1.807, 2.05) is 13.8 Å². The molecule has 19 heavy (non-hydrogen) atoms. The number of hydrogen-bond acceptors (Lipinski definition) is 5. The van der Waals surface area contributed by atoms with E-state index in [9.17, 15) is 4.79 Å². The van der Waals surface area contributed by atoms with E-state index in [1.54, 1.807) is 0 Å². The lowest BCUT2D eigenvalue weighted by molar-refractivity contribution is -0.148. The molecule has 2 saturated heterocycles. The number of carbonyl (C=O) groups is 1. The summed E-state index contributed by atoms with van der Waals surface area (Å²) in [7, 11) is 1.45. The zero-order valence-electron chi connectivity index (χ0n) is 12.3. The number of morpholine rings is 1. The Kier molecular flexibility index (Phi) is 4.81. The Morgan fingerprint density at radius 2 is 2.05 bits per heavy atom. The van der Waals surface area contributed by atoms with Crippen LogP contribution in [0, 0.1) is 0 Å². The summed E-state index contributed by atoms with van der Waals surface area (Å²) >= 11 is 0. The number of ether oxygens (including phenoxy) is 2. The van der Waals surface area contributed by atoms with Crippen LogP contribution >= 0.6 is 0 Å². The lowest BCUT2D eigenvalue weighted by atomic mass is 9.97. The number of likely N-dealkylation sites (tertiary alicyclic amines) is 1. The maximum Gasteiger partial charge on any atom is 0.325 e. The molecule has 3 unspecified atom stereocenters. The van der Waals surface area contributed by atoms with Crippen LogP contribution in [0.3, 0.4) is 0 Å². The van der Waals surface area contributed by atoms with Gasteiger partial charge in [0.15, 0.2) is 0 Å². The zero-order chi connectivity index (χ0) is 13.9. The fourth-order valence-corrected chi connectivity index (χ4v) is 3.14. The van der Waals surface area contributed by atoms with E-state index < -0.39 is 5.54 Å². The van der Waals surface area contributed by atoms with Crippen LogP contribution in [0.15, 0.2) is 0 Å². The fourth-order valence-electron chi connectivity index (χ4n) is 3.14. The van der Waals surface area contributed by atoms with Crippen molar-refractivity contribution < 1.29 is 14.3 Å². The van der Waals surface area contributed by atoms with E-state index in [0.717, 1.165) is 32.6 Å². The second-order valence-electron chi connectivity index (χ2n) is 5.82. The Morgan fingerprint density at radius 1 is 1.42 bits per heavy atom. The average molecular weight is 270 g/mol. The van der Waals surface area contributed by atoms with E-state index >= 15 is 0 Å². The normalized spacial score (nSPS) is 30.1. The third-order valence-electron chi connectivity index (χ3n) is 4.25. The highest BCUT2D eigenvalue weighted by Crippen LogP contribution is 2.26. The first-order valence-corrected chi connectivity index (χ1v) is 7.28. The van der Waals surface area contributed by atoms with Crippen LogP contribution in [0.4, 0.5) is 0 Å². The van der Waals surface area contributed by atoms with E-state index in [1.165, 1.54) is 20.0 Å². The summed E-state index contributed by atoms with van der Waals surface area (Å²) in [5, 5.41) is 3.25. The molecule has 2 heterocycles. The van der Waals surface area contributed by atoms with Gasteiger partial charge in [0.2, 0.25) is 0 Å². The predicted molar refractivity (Wildman–Crippen MR) is 73.0 cm³/mol. The van der Waals surface area contributed by atoms with E-state index in [4.69, 9.17) is 9.47 Å². The summed E-state index contributed by atoms with van der Waals surface area (Å²) in [4.78, 5) is 14.3. The monoisotopic (exact) mass is 270 g/mol. The minimum atomic E-state index is -0.582.